The van der Waals surface area contributed by atoms with Crippen molar-refractivity contribution in [1.82, 2.24) is 4.98 Å². The van der Waals surface area contributed by atoms with Crippen LogP contribution in [-0.2, 0) is 4.74 Å². The number of methoxy groups -OCH3 is 1. The Morgan fingerprint density at radius 2 is 2.07 bits per heavy atom. The van der Waals surface area contributed by atoms with Crippen LogP contribution in [0.3, 0.4) is 0 Å². The lowest BCUT2D eigenvalue weighted by Crippen LogP contribution is -2.08. The average molecular weight is 197 g/mol. The number of hydrogen-bond acceptors (Lipinski definition) is 4. The molecule has 0 aliphatic heterocycles. The number of carbonyl (C=O) groups excluding carboxylic acids is 2. The van der Waals surface area contributed by atoms with Gasteiger partial charge in [-0.2, -0.15) is 4.39 Å². The van der Waals surface area contributed by atoms with Gasteiger partial charge in [0.1, 0.15) is 0 Å². The average Bonchev–Trinajstić information content (AvgIpc) is 2.15. The summed E-state index contributed by atoms with van der Waals surface area (Å²) in [6, 6.07) is 2.16. The molecule has 0 aliphatic rings. The maximum Gasteiger partial charge on any atom is 0.356 e. The topological polar surface area (TPSA) is 56.3 Å². The van der Waals surface area contributed by atoms with Crippen molar-refractivity contribution in [2.75, 3.05) is 7.11 Å². The van der Waals surface area contributed by atoms with Crippen molar-refractivity contribution in [3.8, 4) is 0 Å². The van der Waals surface area contributed by atoms with E-state index in [2.05, 4.69) is 9.72 Å². The fourth-order valence-corrected chi connectivity index (χ4v) is 0.909. The zero-order valence-electron chi connectivity index (χ0n) is 7.70. The summed E-state index contributed by atoms with van der Waals surface area (Å²) in [5.74, 6) is -1.98. The molecule has 1 rings (SSSR count). The van der Waals surface area contributed by atoms with Gasteiger partial charge in [-0.05, 0) is 13.0 Å². The van der Waals surface area contributed by atoms with E-state index in [-0.39, 0.29) is 17.0 Å². The van der Waals surface area contributed by atoms with Gasteiger partial charge >= 0.3 is 5.97 Å². The van der Waals surface area contributed by atoms with E-state index in [1.807, 2.05) is 0 Å². The maximum atomic E-state index is 12.8. The normalized spacial score (nSPS) is 9.64. The highest BCUT2D eigenvalue weighted by Gasteiger charge is 2.12. The number of nitrogens with zero attached hydrogens (tertiary/aromatic N) is 1. The highest BCUT2D eigenvalue weighted by molar-refractivity contribution is 5.96. The Bertz CT molecular complexity index is 390. The number of carbonyl (C=O) groups is 2. The van der Waals surface area contributed by atoms with E-state index in [4.69, 9.17) is 0 Å². The van der Waals surface area contributed by atoms with Gasteiger partial charge in [-0.1, -0.05) is 0 Å². The second-order valence-electron chi connectivity index (χ2n) is 2.61. The number of pyridine rings is 1. The maximum absolute atomic E-state index is 12.8. The van der Waals surface area contributed by atoms with Gasteiger partial charge in [0.25, 0.3) is 0 Å². The summed E-state index contributed by atoms with van der Waals surface area (Å²) in [5, 5.41) is 0. The molecule has 0 unspecified atom stereocenters. The minimum atomic E-state index is -0.877. The van der Waals surface area contributed by atoms with Gasteiger partial charge in [0.15, 0.2) is 11.5 Å². The summed E-state index contributed by atoms with van der Waals surface area (Å²) in [6.45, 7) is 1.27. The Hall–Kier alpha value is -1.78. The summed E-state index contributed by atoms with van der Waals surface area (Å²) in [6.07, 6.45) is 0. The molecule has 0 aromatic carbocycles. The molecule has 0 spiro atoms. The molecule has 0 saturated heterocycles. The molecule has 0 radical (unpaired) electrons. The molecule has 0 amide bonds. The van der Waals surface area contributed by atoms with Gasteiger partial charge in [0.2, 0.25) is 5.95 Å². The van der Waals surface area contributed by atoms with Gasteiger partial charge in [0, 0.05) is 11.6 Å². The van der Waals surface area contributed by atoms with Crippen molar-refractivity contribution < 1.29 is 18.7 Å². The molecule has 74 valence electrons. The lowest BCUT2D eigenvalue weighted by atomic mass is 10.1. The first-order chi connectivity index (χ1) is 6.54. The van der Waals surface area contributed by atoms with E-state index in [0.717, 1.165) is 13.2 Å². The summed E-state index contributed by atoms with van der Waals surface area (Å²) in [7, 11) is 1.16. The van der Waals surface area contributed by atoms with Crippen molar-refractivity contribution in [3.63, 3.8) is 0 Å². The number of ether oxygens (including phenoxy) is 1. The molecule has 1 aromatic heterocycles. The number of esters is 1. The number of aromatic nitrogens is 1. The quantitative estimate of drug-likeness (QED) is 0.406. The van der Waals surface area contributed by atoms with Crippen LogP contribution >= 0.6 is 0 Å². The molecular weight excluding hydrogens is 189 g/mol. The third-order valence-corrected chi connectivity index (χ3v) is 1.60. The highest BCUT2D eigenvalue weighted by atomic mass is 19.1. The SMILES string of the molecule is COC(=O)c1cc(C(C)=O)cc(F)n1. The van der Waals surface area contributed by atoms with Crippen LogP contribution in [0.5, 0.6) is 0 Å². The lowest BCUT2D eigenvalue weighted by molar-refractivity contribution is 0.0592. The Labute approximate surface area is 79.7 Å². The minimum absolute atomic E-state index is 0.0953. The molecule has 0 bridgehead atoms. The van der Waals surface area contributed by atoms with E-state index >= 15 is 0 Å². The summed E-state index contributed by atoms with van der Waals surface area (Å²) in [5.41, 5.74) is -0.115. The third kappa shape index (κ3) is 2.12. The van der Waals surface area contributed by atoms with Gasteiger partial charge in [-0.3, -0.25) is 4.79 Å². The van der Waals surface area contributed by atoms with Crippen LogP contribution in [0.25, 0.3) is 0 Å². The predicted octanol–water partition coefficient (Wildman–Crippen LogP) is 1.21. The Balaban J connectivity index is 3.20. The van der Waals surface area contributed by atoms with Gasteiger partial charge < -0.3 is 4.74 Å². The zero-order chi connectivity index (χ0) is 10.7. The molecule has 5 heteroatoms. The number of ketones is 1. The van der Waals surface area contributed by atoms with Gasteiger partial charge in [-0.25, -0.2) is 9.78 Å². The lowest BCUT2D eigenvalue weighted by Gasteiger charge is -2.00. The standard InChI is InChI=1S/C9H8FNO3/c1-5(12)6-3-7(9(13)14-2)11-8(10)4-6/h3-4H,1-2H3. The van der Waals surface area contributed by atoms with Crippen molar-refractivity contribution in [2.45, 2.75) is 6.92 Å². The van der Waals surface area contributed by atoms with Crippen LogP contribution < -0.4 is 0 Å². The molecule has 0 aliphatic carbocycles. The van der Waals surface area contributed by atoms with Crippen molar-refractivity contribution in [2.24, 2.45) is 0 Å². The van der Waals surface area contributed by atoms with E-state index in [9.17, 15) is 14.0 Å². The molecule has 0 atom stereocenters. The van der Waals surface area contributed by atoms with Gasteiger partial charge in [0.05, 0.1) is 7.11 Å². The van der Waals surface area contributed by atoms with Crippen LogP contribution in [-0.4, -0.2) is 23.8 Å². The molecule has 0 fully saturated rings. The van der Waals surface area contributed by atoms with Crippen molar-refractivity contribution in [3.05, 3.63) is 29.3 Å². The summed E-state index contributed by atoms with van der Waals surface area (Å²) in [4.78, 5) is 25.2. The Kier molecular flexibility index (Phi) is 2.91. The van der Waals surface area contributed by atoms with Crippen LogP contribution in [0.1, 0.15) is 27.8 Å². The fourth-order valence-electron chi connectivity index (χ4n) is 0.909. The van der Waals surface area contributed by atoms with E-state index in [0.29, 0.717) is 0 Å². The van der Waals surface area contributed by atoms with Crippen LogP contribution in [0.2, 0.25) is 0 Å². The molecule has 4 nitrogen and oxygen atoms in total. The molecule has 0 N–H and O–H groups in total. The number of rotatable bonds is 2. The first kappa shape index (κ1) is 10.3. The van der Waals surface area contributed by atoms with Crippen LogP contribution in [0.15, 0.2) is 12.1 Å². The highest BCUT2D eigenvalue weighted by Crippen LogP contribution is 2.07. The first-order valence-electron chi connectivity index (χ1n) is 3.81. The van der Waals surface area contributed by atoms with E-state index < -0.39 is 11.9 Å². The molecule has 0 saturated carbocycles. The number of hydrogen-bond donors (Lipinski definition) is 0. The second kappa shape index (κ2) is 3.95. The van der Waals surface area contributed by atoms with Crippen molar-refractivity contribution >= 4 is 11.8 Å². The zero-order valence-corrected chi connectivity index (χ0v) is 7.70. The monoisotopic (exact) mass is 197 g/mol. The molecule has 14 heavy (non-hydrogen) atoms. The molecule has 1 aromatic rings. The smallest absolute Gasteiger partial charge is 0.356 e. The fraction of sp³-hybridized carbons (Fsp3) is 0.222. The second-order valence-corrected chi connectivity index (χ2v) is 2.61. The Morgan fingerprint density at radius 3 is 2.57 bits per heavy atom. The van der Waals surface area contributed by atoms with Crippen LogP contribution in [0.4, 0.5) is 4.39 Å². The van der Waals surface area contributed by atoms with E-state index in [1.165, 1.54) is 13.0 Å². The third-order valence-electron chi connectivity index (χ3n) is 1.60. The van der Waals surface area contributed by atoms with Crippen LogP contribution in [0, 0.1) is 5.95 Å². The first-order valence-corrected chi connectivity index (χ1v) is 3.81. The summed E-state index contributed by atoms with van der Waals surface area (Å²) < 4.78 is 17.2. The van der Waals surface area contributed by atoms with Gasteiger partial charge in [-0.15, -0.1) is 0 Å². The minimum Gasteiger partial charge on any atom is -0.464 e. The van der Waals surface area contributed by atoms with E-state index in [1.54, 1.807) is 0 Å². The number of Topliss-reactive ketones (excluding diaryl/α,β-unsaturated/α-hetero) is 1. The predicted molar refractivity (Wildman–Crippen MR) is 45.5 cm³/mol. The summed E-state index contributed by atoms with van der Waals surface area (Å²) >= 11 is 0. The Morgan fingerprint density at radius 1 is 1.43 bits per heavy atom. The molecule has 1 heterocycles. The largest absolute Gasteiger partial charge is 0.464 e. The number of halogens is 1. The molecular formula is C9H8FNO3. The van der Waals surface area contributed by atoms with Crippen molar-refractivity contribution in [1.29, 1.82) is 0 Å².